The van der Waals surface area contributed by atoms with E-state index in [1.807, 2.05) is 0 Å². The molecule has 1 atom stereocenters. The van der Waals surface area contributed by atoms with Crippen molar-refractivity contribution >= 4 is 15.9 Å². The Morgan fingerprint density at radius 1 is 1.45 bits per heavy atom. The van der Waals surface area contributed by atoms with Gasteiger partial charge >= 0.3 is 0 Å². The van der Waals surface area contributed by atoms with E-state index >= 15 is 0 Å². The maximum atomic E-state index is 13.1. The monoisotopic (exact) mass is 300 g/mol. The fourth-order valence-electron chi connectivity index (χ4n) is 2.26. The zero-order valence-electron chi connectivity index (χ0n) is 11.2. The predicted molar refractivity (Wildman–Crippen MR) is 73.3 cm³/mol. The maximum Gasteiger partial charge on any atom is 0.251 e. The van der Waals surface area contributed by atoms with Crippen LogP contribution < -0.4 is 5.32 Å². The van der Waals surface area contributed by atoms with Crippen LogP contribution in [0, 0.1) is 5.82 Å². The van der Waals surface area contributed by atoms with Gasteiger partial charge in [0, 0.05) is 24.7 Å². The normalized spacial score (nSPS) is 20.6. The highest BCUT2D eigenvalue weighted by molar-refractivity contribution is 7.88. The molecule has 1 aromatic rings. The predicted octanol–water partition coefficient (Wildman–Crippen LogP) is 0.979. The Kier molecular flexibility index (Phi) is 4.39. The number of carbonyl (C=O) groups is 1. The van der Waals surface area contributed by atoms with Crippen molar-refractivity contribution in [3.05, 3.63) is 35.6 Å². The molecule has 1 fully saturated rings. The number of piperidine rings is 1. The molecule has 0 aromatic heterocycles. The molecule has 7 heteroatoms. The fourth-order valence-corrected chi connectivity index (χ4v) is 3.17. The van der Waals surface area contributed by atoms with Gasteiger partial charge in [0.05, 0.1) is 6.26 Å². The van der Waals surface area contributed by atoms with Gasteiger partial charge in [-0.2, -0.15) is 0 Å². The van der Waals surface area contributed by atoms with Gasteiger partial charge in [-0.15, -0.1) is 0 Å². The first-order valence-electron chi connectivity index (χ1n) is 6.38. The van der Waals surface area contributed by atoms with Gasteiger partial charge in [0.2, 0.25) is 10.0 Å². The highest BCUT2D eigenvalue weighted by Crippen LogP contribution is 2.14. The molecule has 1 aromatic carbocycles. The molecule has 20 heavy (non-hydrogen) atoms. The Balaban J connectivity index is 2.01. The molecule has 0 aliphatic carbocycles. The van der Waals surface area contributed by atoms with Crippen LogP contribution in [0.1, 0.15) is 23.2 Å². The van der Waals surface area contributed by atoms with E-state index in [-0.39, 0.29) is 24.1 Å². The van der Waals surface area contributed by atoms with Crippen LogP contribution in [0.2, 0.25) is 0 Å². The Bertz CT molecular complexity index is 603. The van der Waals surface area contributed by atoms with Crippen molar-refractivity contribution in [2.45, 2.75) is 18.9 Å². The maximum absolute atomic E-state index is 13.1. The lowest BCUT2D eigenvalue weighted by molar-refractivity contribution is 0.0921. The smallest absolute Gasteiger partial charge is 0.251 e. The summed E-state index contributed by atoms with van der Waals surface area (Å²) in [5.41, 5.74) is 0.237. The molecule has 110 valence electrons. The van der Waals surface area contributed by atoms with Crippen LogP contribution in [-0.4, -0.2) is 44.0 Å². The fraction of sp³-hybridized carbons (Fsp3) is 0.462. The average molecular weight is 300 g/mol. The summed E-state index contributed by atoms with van der Waals surface area (Å²) in [4.78, 5) is 12.0. The van der Waals surface area contributed by atoms with Crippen molar-refractivity contribution in [1.82, 2.24) is 9.62 Å². The van der Waals surface area contributed by atoms with E-state index in [9.17, 15) is 17.6 Å². The quantitative estimate of drug-likeness (QED) is 0.905. The van der Waals surface area contributed by atoms with Crippen molar-refractivity contribution < 1.29 is 17.6 Å². The summed E-state index contributed by atoms with van der Waals surface area (Å²) >= 11 is 0. The molecule has 1 aliphatic rings. The topological polar surface area (TPSA) is 66.5 Å². The first kappa shape index (κ1) is 14.9. The zero-order valence-corrected chi connectivity index (χ0v) is 12.0. The lowest BCUT2D eigenvalue weighted by atomic mass is 10.1. The van der Waals surface area contributed by atoms with E-state index in [2.05, 4.69) is 5.32 Å². The van der Waals surface area contributed by atoms with Crippen LogP contribution in [0.5, 0.6) is 0 Å². The number of sulfonamides is 1. The second-order valence-electron chi connectivity index (χ2n) is 4.94. The first-order chi connectivity index (χ1) is 9.36. The van der Waals surface area contributed by atoms with E-state index in [1.54, 1.807) is 0 Å². The van der Waals surface area contributed by atoms with E-state index in [4.69, 9.17) is 0 Å². The number of hydrogen-bond donors (Lipinski definition) is 1. The van der Waals surface area contributed by atoms with Crippen LogP contribution in [0.3, 0.4) is 0 Å². The molecule has 0 spiro atoms. The number of rotatable bonds is 3. The third kappa shape index (κ3) is 3.77. The minimum atomic E-state index is -3.24. The second-order valence-corrected chi connectivity index (χ2v) is 6.93. The van der Waals surface area contributed by atoms with Gasteiger partial charge in [0.1, 0.15) is 5.82 Å². The zero-order chi connectivity index (χ0) is 14.8. The molecule has 1 heterocycles. The summed E-state index contributed by atoms with van der Waals surface area (Å²) < 4.78 is 37.4. The third-order valence-corrected chi connectivity index (χ3v) is 4.54. The van der Waals surface area contributed by atoms with Gasteiger partial charge < -0.3 is 5.32 Å². The number of carbonyl (C=O) groups excluding carboxylic acids is 1. The van der Waals surface area contributed by atoms with Crippen molar-refractivity contribution in [1.29, 1.82) is 0 Å². The van der Waals surface area contributed by atoms with Gasteiger partial charge in [0.25, 0.3) is 5.91 Å². The summed E-state index contributed by atoms with van der Waals surface area (Å²) in [5.74, 6) is -0.857. The number of hydrogen-bond acceptors (Lipinski definition) is 3. The molecule has 2 rings (SSSR count). The van der Waals surface area contributed by atoms with Crippen LogP contribution in [-0.2, 0) is 10.0 Å². The molecule has 0 bridgehead atoms. The number of nitrogens with one attached hydrogen (secondary N) is 1. The Labute approximate surface area is 117 Å². The Hall–Kier alpha value is -1.47. The molecule has 5 nitrogen and oxygen atoms in total. The van der Waals surface area contributed by atoms with Gasteiger partial charge in [-0.3, -0.25) is 4.79 Å². The van der Waals surface area contributed by atoms with Gasteiger partial charge in [-0.05, 0) is 31.0 Å². The lowest BCUT2D eigenvalue weighted by Gasteiger charge is -2.31. The van der Waals surface area contributed by atoms with Crippen LogP contribution in [0.25, 0.3) is 0 Å². The van der Waals surface area contributed by atoms with Crippen molar-refractivity contribution in [2.75, 3.05) is 19.3 Å². The van der Waals surface area contributed by atoms with Crippen LogP contribution >= 0.6 is 0 Å². The second kappa shape index (κ2) is 5.88. The summed E-state index contributed by atoms with van der Waals surface area (Å²) in [5, 5.41) is 2.75. The van der Waals surface area contributed by atoms with Crippen molar-refractivity contribution in [2.24, 2.45) is 0 Å². The summed E-state index contributed by atoms with van der Waals surface area (Å²) in [6, 6.07) is 5.17. The summed E-state index contributed by atoms with van der Waals surface area (Å²) in [6.45, 7) is 0.741. The minimum absolute atomic E-state index is 0.237. The standard InChI is InChI=1S/C13H17FN2O3S/c1-20(18,19)16-7-3-6-12(9-16)15-13(17)10-4-2-5-11(14)8-10/h2,4-5,8,12H,3,6-7,9H2,1H3,(H,15,17). The molecule has 0 saturated carbocycles. The molecule has 1 saturated heterocycles. The van der Waals surface area contributed by atoms with Gasteiger partial charge in [-0.25, -0.2) is 17.1 Å². The van der Waals surface area contributed by atoms with E-state index in [0.717, 1.165) is 12.3 Å². The molecular formula is C13H17FN2O3S. The molecule has 0 radical (unpaired) electrons. The van der Waals surface area contributed by atoms with Crippen molar-refractivity contribution in [3.63, 3.8) is 0 Å². The van der Waals surface area contributed by atoms with Gasteiger partial charge in [-0.1, -0.05) is 6.07 Å². The van der Waals surface area contributed by atoms with Crippen molar-refractivity contribution in [3.8, 4) is 0 Å². The van der Waals surface area contributed by atoms with Crippen LogP contribution in [0.4, 0.5) is 4.39 Å². The largest absolute Gasteiger partial charge is 0.348 e. The van der Waals surface area contributed by atoms with Crippen LogP contribution in [0.15, 0.2) is 24.3 Å². The number of benzene rings is 1. The average Bonchev–Trinajstić information content (AvgIpc) is 2.38. The molecule has 1 amide bonds. The SMILES string of the molecule is CS(=O)(=O)N1CCCC(NC(=O)c2cccc(F)c2)C1. The number of halogens is 1. The molecule has 1 unspecified atom stereocenters. The molecule has 1 N–H and O–H groups in total. The summed E-state index contributed by atoms with van der Waals surface area (Å²) in [7, 11) is -3.24. The van der Waals surface area contributed by atoms with Gasteiger partial charge in [0.15, 0.2) is 0 Å². The summed E-state index contributed by atoms with van der Waals surface area (Å²) in [6.07, 6.45) is 2.57. The molecule has 1 aliphatic heterocycles. The lowest BCUT2D eigenvalue weighted by Crippen LogP contribution is -2.49. The van der Waals surface area contributed by atoms with E-state index < -0.39 is 15.8 Å². The highest BCUT2D eigenvalue weighted by atomic mass is 32.2. The molecular weight excluding hydrogens is 283 g/mol. The number of nitrogens with zero attached hydrogens (tertiary/aromatic N) is 1. The third-order valence-electron chi connectivity index (χ3n) is 3.28. The minimum Gasteiger partial charge on any atom is -0.348 e. The Morgan fingerprint density at radius 2 is 2.20 bits per heavy atom. The number of amides is 1. The van der Waals surface area contributed by atoms with E-state index in [1.165, 1.54) is 22.5 Å². The Morgan fingerprint density at radius 3 is 2.85 bits per heavy atom. The van der Waals surface area contributed by atoms with E-state index in [0.29, 0.717) is 19.4 Å². The first-order valence-corrected chi connectivity index (χ1v) is 8.22. The highest BCUT2D eigenvalue weighted by Gasteiger charge is 2.26.